The van der Waals surface area contributed by atoms with Crippen molar-refractivity contribution in [2.45, 2.75) is 45.3 Å². The van der Waals surface area contributed by atoms with Crippen molar-refractivity contribution in [1.82, 2.24) is 4.90 Å². The Morgan fingerprint density at radius 1 is 1.23 bits per heavy atom. The first kappa shape index (κ1) is 16.5. The molecule has 22 heavy (non-hydrogen) atoms. The maximum atomic E-state index is 12.9. The third-order valence-corrected chi connectivity index (χ3v) is 3.79. The molecule has 0 spiro atoms. The molecule has 1 saturated heterocycles. The van der Waals surface area contributed by atoms with E-state index in [1.165, 1.54) is 0 Å². The number of aliphatic carboxylic acids is 1. The number of ether oxygens (including phenoxy) is 1. The highest BCUT2D eigenvalue weighted by atomic mass is 16.5. The summed E-state index contributed by atoms with van der Waals surface area (Å²) in [5.74, 6) is -1.17. The molecule has 0 aromatic heterocycles. The summed E-state index contributed by atoms with van der Waals surface area (Å²) in [5, 5.41) is 9.15. The van der Waals surface area contributed by atoms with Crippen molar-refractivity contribution in [2.24, 2.45) is 0 Å². The van der Waals surface area contributed by atoms with Crippen molar-refractivity contribution < 1.29 is 19.4 Å². The van der Waals surface area contributed by atoms with Crippen LogP contribution in [0.4, 0.5) is 0 Å². The second-order valence-corrected chi connectivity index (χ2v) is 6.78. The zero-order valence-electron chi connectivity index (χ0n) is 13.5. The van der Waals surface area contributed by atoms with Gasteiger partial charge in [0.1, 0.15) is 0 Å². The molecule has 0 saturated carbocycles. The zero-order chi connectivity index (χ0) is 16.5. The first-order chi connectivity index (χ1) is 10.2. The third-order valence-electron chi connectivity index (χ3n) is 3.79. The highest BCUT2D eigenvalue weighted by molar-refractivity contribution is 5.96. The molecule has 5 nitrogen and oxygen atoms in total. The van der Waals surface area contributed by atoms with Crippen molar-refractivity contribution >= 4 is 11.9 Å². The molecule has 5 heteroatoms. The predicted molar refractivity (Wildman–Crippen MR) is 83.0 cm³/mol. The fourth-order valence-corrected chi connectivity index (χ4v) is 2.75. The van der Waals surface area contributed by atoms with Gasteiger partial charge in [-0.3, -0.25) is 4.79 Å². The van der Waals surface area contributed by atoms with Gasteiger partial charge in [0.2, 0.25) is 0 Å². The van der Waals surface area contributed by atoms with Gasteiger partial charge in [0.25, 0.3) is 5.91 Å². The lowest BCUT2D eigenvalue weighted by Crippen LogP contribution is -2.52. The lowest BCUT2D eigenvalue weighted by molar-refractivity contribution is -0.160. The number of carboxylic acids is 1. The number of nitrogens with zero attached hydrogens (tertiary/aromatic N) is 1. The van der Waals surface area contributed by atoms with E-state index in [1.54, 1.807) is 17.9 Å². The van der Waals surface area contributed by atoms with Crippen LogP contribution < -0.4 is 0 Å². The van der Waals surface area contributed by atoms with Gasteiger partial charge in [-0.2, -0.15) is 0 Å². The Bertz CT molecular complexity index is 576. The molecule has 1 N–H and O–H groups in total. The molecule has 1 amide bonds. The first-order valence-corrected chi connectivity index (χ1v) is 7.47. The van der Waals surface area contributed by atoms with Crippen molar-refractivity contribution in [2.75, 3.05) is 13.1 Å². The average Bonchev–Trinajstić information content (AvgIpc) is 2.45. The Kier molecular flexibility index (Phi) is 4.56. The molecule has 1 unspecified atom stereocenters. The Hall–Kier alpha value is -1.88. The summed E-state index contributed by atoms with van der Waals surface area (Å²) in [6.45, 7) is 8.44. The molecule has 1 aliphatic rings. The Morgan fingerprint density at radius 3 is 2.45 bits per heavy atom. The number of carboxylic acid groups (broad SMARTS) is 1. The summed E-state index contributed by atoms with van der Waals surface area (Å²) in [7, 11) is 0. The maximum absolute atomic E-state index is 12.9. The van der Waals surface area contributed by atoms with Crippen LogP contribution in [0, 0.1) is 0 Å². The largest absolute Gasteiger partial charge is 0.479 e. The summed E-state index contributed by atoms with van der Waals surface area (Å²) < 4.78 is 5.37. The van der Waals surface area contributed by atoms with Gasteiger partial charge in [0.15, 0.2) is 6.10 Å². The minimum absolute atomic E-state index is 0.0803. The van der Waals surface area contributed by atoms with Crippen LogP contribution in [-0.4, -0.2) is 47.2 Å². The molecule has 2 rings (SSSR count). The van der Waals surface area contributed by atoms with Gasteiger partial charge in [0.05, 0.1) is 12.6 Å². The van der Waals surface area contributed by atoms with E-state index < -0.39 is 12.1 Å². The van der Waals surface area contributed by atoms with Crippen LogP contribution in [0.1, 0.15) is 43.6 Å². The van der Waals surface area contributed by atoms with E-state index in [9.17, 15) is 9.59 Å². The van der Waals surface area contributed by atoms with E-state index in [1.807, 2.05) is 18.2 Å². The monoisotopic (exact) mass is 305 g/mol. The smallest absolute Gasteiger partial charge is 0.334 e. The summed E-state index contributed by atoms with van der Waals surface area (Å²) in [4.78, 5) is 25.6. The van der Waals surface area contributed by atoms with Gasteiger partial charge in [-0.05, 0) is 24.0 Å². The Morgan fingerprint density at radius 2 is 1.86 bits per heavy atom. The van der Waals surface area contributed by atoms with Crippen LogP contribution in [-0.2, 0) is 14.9 Å². The van der Waals surface area contributed by atoms with Gasteiger partial charge >= 0.3 is 5.97 Å². The molecule has 0 aliphatic carbocycles. The highest BCUT2D eigenvalue weighted by Gasteiger charge is 2.34. The fourth-order valence-electron chi connectivity index (χ4n) is 2.75. The molecule has 1 aliphatic heterocycles. The number of hydrogen-bond acceptors (Lipinski definition) is 3. The van der Waals surface area contributed by atoms with Crippen LogP contribution in [0.2, 0.25) is 0 Å². The number of hydrogen-bond donors (Lipinski definition) is 1. The summed E-state index contributed by atoms with van der Waals surface area (Å²) >= 11 is 0. The molecule has 2 atom stereocenters. The van der Waals surface area contributed by atoms with Gasteiger partial charge < -0.3 is 14.7 Å². The highest BCUT2D eigenvalue weighted by Crippen LogP contribution is 2.27. The standard InChI is InChI=1S/C17H23NO4/c1-11-9-18(10-14(22-11)16(20)21)15(19)12-7-5-6-8-13(12)17(2,3)4/h5-8,11,14H,9-10H2,1-4H3,(H,20,21)/t11-,14?/m1/s1. The Balaban J connectivity index is 2.30. The minimum Gasteiger partial charge on any atom is -0.479 e. The van der Waals surface area contributed by atoms with Crippen LogP contribution in [0.25, 0.3) is 0 Å². The van der Waals surface area contributed by atoms with E-state index in [2.05, 4.69) is 20.8 Å². The fraction of sp³-hybridized carbons (Fsp3) is 0.529. The number of rotatable bonds is 2. The molecule has 1 aromatic rings. The number of carbonyl (C=O) groups excluding carboxylic acids is 1. The van der Waals surface area contributed by atoms with E-state index >= 15 is 0 Å². The summed E-state index contributed by atoms with van der Waals surface area (Å²) in [5.41, 5.74) is 1.44. The second-order valence-electron chi connectivity index (χ2n) is 6.78. The molecule has 1 heterocycles. The van der Waals surface area contributed by atoms with E-state index in [0.717, 1.165) is 5.56 Å². The normalized spacial score (nSPS) is 22.5. The van der Waals surface area contributed by atoms with E-state index in [-0.39, 0.29) is 24.0 Å². The second kappa shape index (κ2) is 6.08. The van der Waals surface area contributed by atoms with Crippen LogP contribution in [0.15, 0.2) is 24.3 Å². The average molecular weight is 305 g/mol. The molecule has 0 radical (unpaired) electrons. The van der Waals surface area contributed by atoms with Crippen molar-refractivity contribution in [1.29, 1.82) is 0 Å². The maximum Gasteiger partial charge on any atom is 0.334 e. The minimum atomic E-state index is -1.03. The molecule has 1 aromatic carbocycles. The van der Waals surface area contributed by atoms with Crippen molar-refractivity contribution in [3.8, 4) is 0 Å². The van der Waals surface area contributed by atoms with Crippen molar-refractivity contribution in [3.63, 3.8) is 0 Å². The van der Waals surface area contributed by atoms with Crippen LogP contribution in [0.5, 0.6) is 0 Å². The SMILES string of the molecule is C[C@@H]1CN(C(=O)c2ccccc2C(C)(C)C)CC(C(=O)O)O1. The lowest BCUT2D eigenvalue weighted by atomic mass is 9.83. The van der Waals surface area contributed by atoms with Gasteiger partial charge in [-0.1, -0.05) is 39.0 Å². The van der Waals surface area contributed by atoms with Gasteiger partial charge in [0, 0.05) is 12.1 Å². The number of carbonyl (C=O) groups is 2. The van der Waals surface area contributed by atoms with E-state index in [0.29, 0.717) is 12.1 Å². The number of morpholine rings is 1. The number of benzene rings is 1. The summed E-state index contributed by atoms with van der Waals surface area (Å²) in [6, 6.07) is 7.50. The van der Waals surface area contributed by atoms with Crippen LogP contribution in [0.3, 0.4) is 0 Å². The Labute approximate surface area is 130 Å². The summed E-state index contributed by atoms with van der Waals surface area (Å²) in [6.07, 6.45) is -1.25. The van der Waals surface area contributed by atoms with Gasteiger partial charge in [-0.25, -0.2) is 4.79 Å². The lowest BCUT2D eigenvalue weighted by Gasteiger charge is -2.36. The first-order valence-electron chi connectivity index (χ1n) is 7.47. The predicted octanol–water partition coefficient (Wildman–Crippen LogP) is 2.30. The molecular formula is C17H23NO4. The number of amides is 1. The van der Waals surface area contributed by atoms with E-state index in [4.69, 9.17) is 9.84 Å². The third kappa shape index (κ3) is 3.47. The molecule has 1 fully saturated rings. The van der Waals surface area contributed by atoms with Gasteiger partial charge in [-0.15, -0.1) is 0 Å². The molecule has 0 bridgehead atoms. The van der Waals surface area contributed by atoms with Crippen LogP contribution >= 0.6 is 0 Å². The topological polar surface area (TPSA) is 66.8 Å². The van der Waals surface area contributed by atoms with Crippen molar-refractivity contribution in [3.05, 3.63) is 35.4 Å². The molecular weight excluding hydrogens is 282 g/mol. The molecule has 120 valence electrons. The quantitative estimate of drug-likeness (QED) is 0.910. The zero-order valence-corrected chi connectivity index (χ0v) is 13.5.